The van der Waals surface area contributed by atoms with Crippen molar-refractivity contribution < 1.29 is 29.2 Å². The highest BCUT2D eigenvalue weighted by Crippen LogP contribution is 2.45. The summed E-state index contributed by atoms with van der Waals surface area (Å²) in [6.07, 6.45) is 0. The molecule has 0 aliphatic carbocycles. The van der Waals surface area contributed by atoms with Crippen molar-refractivity contribution in [3.05, 3.63) is 52.6 Å². The van der Waals surface area contributed by atoms with E-state index in [4.69, 9.17) is 18.9 Å². The minimum Gasteiger partial charge on any atom is -0.493 e. The maximum atomic E-state index is 10.2. The van der Waals surface area contributed by atoms with Crippen LogP contribution in [0.1, 0.15) is 22.3 Å². The fraction of sp³-hybridized carbons (Fsp3) is 0.304. The lowest BCUT2D eigenvalue weighted by Crippen LogP contribution is -2.01. The Morgan fingerprint density at radius 3 is 2.03 bits per heavy atom. The van der Waals surface area contributed by atoms with Gasteiger partial charge in [-0.2, -0.15) is 0 Å². The van der Waals surface area contributed by atoms with E-state index in [-0.39, 0.29) is 13.2 Å². The number of hydrogen-bond donors (Lipinski definition) is 2. The molecule has 0 amide bonds. The van der Waals surface area contributed by atoms with Gasteiger partial charge in [0, 0.05) is 0 Å². The highest BCUT2D eigenvalue weighted by molar-refractivity contribution is 6.00. The smallest absolute Gasteiger partial charge is 0.203 e. The molecular weight excluding hydrogens is 372 g/mol. The second kappa shape index (κ2) is 7.91. The van der Waals surface area contributed by atoms with Gasteiger partial charge in [0.05, 0.1) is 47.8 Å². The summed E-state index contributed by atoms with van der Waals surface area (Å²) in [6, 6.07) is 9.86. The van der Waals surface area contributed by atoms with Gasteiger partial charge < -0.3 is 29.2 Å². The zero-order valence-electron chi connectivity index (χ0n) is 16.7. The van der Waals surface area contributed by atoms with E-state index < -0.39 is 0 Å². The first kappa shape index (κ1) is 19.5. The summed E-state index contributed by atoms with van der Waals surface area (Å²) in [4.78, 5) is 0. The molecule has 0 radical (unpaired) electrons. The van der Waals surface area contributed by atoms with E-state index in [2.05, 4.69) is 12.1 Å². The van der Waals surface area contributed by atoms with Crippen LogP contribution in [0.15, 0.2) is 30.3 Å². The van der Waals surface area contributed by atoms with Crippen LogP contribution in [0.25, 0.3) is 21.9 Å². The molecule has 0 bridgehead atoms. The molecular formula is C23H24O6. The zero-order valence-corrected chi connectivity index (χ0v) is 16.7. The van der Waals surface area contributed by atoms with Gasteiger partial charge in [-0.1, -0.05) is 0 Å². The third kappa shape index (κ3) is 3.19. The first-order chi connectivity index (χ1) is 14.1. The van der Waals surface area contributed by atoms with Crippen LogP contribution in [0, 0.1) is 0 Å². The summed E-state index contributed by atoms with van der Waals surface area (Å²) in [7, 11) is 4.70. The van der Waals surface area contributed by atoms with E-state index in [1.165, 1.54) is 0 Å². The third-order valence-electron chi connectivity index (χ3n) is 5.46. The number of benzene rings is 3. The monoisotopic (exact) mass is 396 g/mol. The second-order valence-electron chi connectivity index (χ2n) is 6.95. The number of rotatable bonds is 6. The van der Waals surface area contributed by atoms with E-state index in [0.717, 1.165) is 33.0 Å². The molecule has 0 saturated carbocycles. The van der Waals surface area contributed by atoms with Gasteiger partial charge in [-0.25, -0.2) is 0 Å². The van der Waals surface area contributed by atoms with Crippen LogP contribution in [0.4, 0.5) is 0 Å². The summed E-state index contributed by atoms with van der Waals surface area (Å²) >= 11 is 0. The van der Waals surface area contributed by atoms with Gasteiger partial charge in [0.25, 0.3) is 0 Å². The molecule has 1 aliphatic heterocycles. The third-order valence-corrected chi connectivity index (χ3v) is 5.46. The Kier molecular flexibility index (Phi) is 5.32. The van der Waals surface area contributed by atoms with E-state index in [1.807, 2.05) is 18.2 Å². The predicted molar refractivity (Wildman–Crippen MR) is 109 cm³/mol. The first-order valence-electron chi connectivity index (χ1n) is 9.35. The SMILES string of the molecule is COc1cc(-c2c(CO)c(CO)cc3cc4c(cc23)COC4)cc(OC)c1OC. The van der Waals surface area contributed by atoms with E-state index in [9.17, 15) is 10.2 Å². The molecule has 29 heavy (non-hydrogen) atoms. The molecule has 0 fully saturated rings. The van der Waals surface area contributed by atoms with Crippen molar-refractivity contribution in [1.29, 1.82) is 0 Å². The molecule has 0 atom stereocenters. The van der Waals surface area contributed by atoms with Crippen molar-refractivity contribution in [3.8, 4) is 28.4 Å². The molecule has 0 saturated heterocycles. The number of methoxy groups -OCH3 is 3. The zero-order chi connectivity index (χ0) is 20.5. The molecule has 6 nitrogen and oxygen atoms in total. The fourth-order valence-electron chi connectivity index (χ4n) is 4.06. The van der Waals surface area contributed by atoms with Crippen LogP contribution in [0.5, 0.6) is 17.2 Å². The van der Waals surface area contributed by atoms with Crippen molar-refractivity contribution in [2.75, 3.05) is 21.3 Å². The van der Waals surface area contributed by atoms with Crippen LogP contribution < -0.4 is 14.2 Å². The normalized spacial score (nSPS) is 12.9. The molecule has 2 N–H and O–H groups in total. The van der Waals surface area contributed by atoms with Crippen LogP contribution in [0.2, 0.25) is 0 Å². The molecule has 0 aromatic heterocycles. The standard InChI is InChI=1S/C23H24O6/c1-26-20-7-14(8-21(27-2)23(20)28-3)22-18-6-17-12-29-11-16(17)5-13(18)4-15(9-24)19(22)10-25/h4-8,24-25H,9-12H2,1-3H3. The Bertz CT molecular complexity index is 1050. The largest absolute Gasteiger partial charge is 0.493 e. The molecule has 1 aliphatic rings. The molecule has 3 aromatic rings. The highest BCUT2D eigenvalue weighted by Gasteiger charge is 2.21. The topological polar surface area (TPSA) is 77.4 Å². The van der Waals surface area contributed by atoms with Crippen molar-refractivity contribution in [2.24, 2.45) is 0 Å². The van der Waals surface area contributed by atoms with Crippen LogP contribution in [-0.4, -0.2) is 31.5 Å². The van der Waals surface area contributed by atoms with Crippen molar-refractivity contribution >= 4 is 10.8 Å². The fourth-order valence-corrected chi connectivity index (χ4v) is 4.06. The molecule has 0 spiro atoms. The number of hydrogen-bond acceptors (Lipinski definition) is 6. The van der Waals surface area contributed by atoms with Crippen LogP contribution >= 0.6 is 0 Å². The van der Waals surface area contributed by atoms with Gasteiger partial charge in [0.1, 0.15) is 0 Å². The van der Waals surface area contributed by atoms with Crippen molar-refractivity contribution in [2.45, 2.75) is 26.4 Å². The van der Waals surface area contributed by atoms with Gasteiger partial charge in [-0.05, 0) is 74.5 Å². The second-order valence-corrected chi connectivity index (χ2v) is 6.95. The molecule has 6 heteroatoms. The predicted octanol–water partition coefficient (Wildman–Crippen LogP) is 3.55. The number of aliphatic hydroxyl groups is 2. The quantitative estimate of drug-likeness (QED) is 0.664. The van der Waals surface area contributed by atoms with Gasteiger partial charge in [0.2, 0.25) is 5.75 Å². The van der Waals surface area contributed by atoms with Crippen LogP contribution in [0.3, 0.4) is 0 Å². The Hall–Kier alpha value is -2.80. The van der Waals surface area contributed by atoms with E-state index in [1.54, 1.807) is 21.3 Å². The maximum absolute atomic E-state index is 10.2. The Balaban J connectivity index is 2.09. The number of fused-ring (bicyclic) bond motifs is 2. The summed E-state index contributed by atoms with van der Waals surface area (Å²) in [6.45, 7) is 0.777. The maximum Gasteiger partial charge on any atom is 0.203 e. The first-order valence-corrected chi connectivity index (χ1v) is 9.35. The molecule has 1 heterocycles. The average molecular weight is 396 g/mol. The van der Waals surface area contributed by atoms with E-state index >= 15 is 0 Å². The molecule has 0 unspecified atom stereocenters. The number of ether oxygens (including phenoxy) is 4. The lowest BCUT2D eigenvalue weighted by atomic mass is 9.88. The Labute approximate surface area is 169 Å². The lowest BCUT2D eigenvalue weighted by molar-refractivity contribution is 0.134. The Morgan fingerprint density at radius 1 is 0.828 bits per heavy atom. The molecule has 152 valence electrons. The molecule has 4 rings (SSSR count). The number of aliphatic hydroxyl groups excluding tert-OH is 2. The van der Waals surface area contributed by atoms with Gasteiger partial charge in [0.15, 0.2) is 11.5 Å². The molecule has 3 aromatic carbocycles. The lowest BCUT2D eigenvalue weighted by Gasteiger charge is -2.19. The highest BCUT2D eigenvalue weighted by atomic mass is 16.5. The van der Waals surface area contributed by atoms with Crippen molar-refractivity contribution in [3.63, 3.8) is 0 Å². The van der Waals surface area contributed by atoms with Crippen LogP contribution in [-0.2, 0) is 31.2 Å². The minimum absolute atomic E-state index is 0.170. The van der Waals surface area contributed by atoms with E-state index in [0.29, 0.717) is 41.6 Å². The summed E-state index contributed by atoms with van der Waals surface area (Å²) in [5, 5.41) is 22.1. The van der Waals surface area contributed by atoms with Gasteiger partial charge >= 0.3 is 0 Å². The minimum atomic E-state index is -0.203. The summed E-state index contributed by atoms with van der Waals surface area (Å²) in [5.41, 5.74) is 5.28. The summed E-state index contributed by atoms with van der Waals surface area (Å²) < 4.78 is 22.1. The average Bonchev–Trinajstić information content (AvgIpc) is 3.22. The van der Waals surface area contributed by atoms with Crippen molar-refractivity contribution in [1.82, 2.24) is 0 Å². The van der Waals surface area contributed by atoms with Gasteiger partial charge in [-0.15, -0.1) is 0 Å². The van der Waals surface area contributed by atoms with Gasteiger partial charge in [-0.3, -0.25) is 0 Å². The Morgan fingerprint density at radius 2 is 1.48 bits per heavy atom. The summed E-state index contributed by atoms with van der Waals surface area (Å²) in [5.74, 6) is 1.55.